The Labute approximate surface area is 87.7 Å². The largest absolute Gasteiger partial charge is 0.340 e. The minimum absolute atomic E-state index is 0.114. The zero-order valence-electron chi connectivity index (χ0n) is 10.1. The number of hydrogen-bond acceptors (Lipinski definition) is 1. The van der Waals surface area contributed by atoms with Crippen molar-refractivity contribution in [3.63, 3.8) is 0 Å². The molecule has 1 saturated heterocycles. The maximum absolute atomic E-state index is 11.9. The Morgan fingerprint density at radius 2 is 1.93 bits per heavy atom. The minimum Gasteiger partial charge on any atom is -0.340 e. The molecule has 82 valence electrons. The van der Waals surface area contributed by atoms with Crippen LogP contribution in [0, 0.1) is 11.3 Å². The maximum atomic E-state index is 11.9. The van der Waals surface area contributed by atoms with Gasteiger partial charge in [0.15, 0.2) is 0 Å². The number of likely N-dealkylation sites (tertiary alicyclic amines) is 1. The smallest absolute Gasteiger partial charge is 0.223 e. The number of rotatable bonds is 1. The van der Waals surface area contributed by atoms with Crippen molar-refractivity contribution in [1.82, 2.24) is 4.90 Å². The van der Waals surface area contributed by atoms with Crippen molar-refractivity contribution < 1.29 is 4.79 Å². The lowest BCUT2D eigenvalue weighted by Crippen LogP contribution is -2.36. The van der Waals surface area contributed by atoms with Crippen LogP contribution >= 0.6 is 0 Å². The summed E-state index contributed by atoms with van der Waals surface area (Å²) in [4.78, 5) is 14.0. The van der Waals surface area contributed by atoms with Gasteiger partial charge in [0.25, 0.3) is 0 Å². The first-order valence-electron chi connectivity index (χ1n) is 5.59. The molecule has 1 amide bonds. The first-order chi connectivity index (χ1) is 6.29. The van der Waals surface area contributed by atoms with E-state index in [2.05, 4.69) is 39.5 Å². The average molecular weight is 197 g/mol. The molecule has 1 aliphatic rings. The van der Waals surface area contributed by atoms with Gasteiger partial charge in [-0.15, -0.1) is 0 Å². The molecule has 0 radical (unpaired) electrons. The Balaban J connectivity index is 2.53. The highest BCUT2D eigenvalue weighted by Gasteiger charge is 2.31. The van der Waals surface area contributed by atoms with E-state index in [9.17, 15) is 4.79 Å². The average Bonchev–Trinajstić information content (AvgIpc) is 2.26. The lowest BCUT2D eigenvalue weighted by Gasteiger charge is -2.26. The SMILES string of the molecule is CC1CC(C)N(C(=O)CC(C)(C)C)C1. The van der Waals surface area contributed by atoms with Crippen LogP contribution in [0.15, 0.2) is 0 Å². The molecule has 0 spiro atoms. The normalized spacial score (nSPS) is 28.2. The molecule has 0 aromatic carbocycles. The molecule has 0 aromatic rings. The van der Waals surface area contributed by atoms with E-state index in [1.54, 1.807) is 0 Å². The summed E-state index contributed by atoms with van der Waals surface area (Å²) in [6.45, 7) is 11.7. The summed E-state index contributed by atoms with van der Waals surface area (Å²) in [6.07, 6.45) is 1.83. The van der Waals surface area contributed by atoms with Crippen LogP contribution in [0.1, 0.15) is 47.5 Å². The van der Waals surface area contributed by atoms with Crippen LogP contribution < -0.4 is 0 Å². The van der Waals surface area contributed by atoms with Gasteiger partial charge in [0.1, 0.15) is 0 Å². The standard InChI is InChI=1S/C12H23NO/c1-9-6-10(2)13(8-9)11(14)7-12(3,4)5/h9-10H,6-8H2,1-5H3. The van der Waals surface area contributed by atoms with Gasteiger partial charge in [-0.25, -0.2) is 0 Å². The van der Waals surface area contributed by atoms with Crippen molar-refractivity contribution >= 4 is 5.91 Å². The molecule has 14 heavy (non-hydrogen) atoms. The van der Waals surface area contributed by atoms with Gasteiger partial charge < -0.3 is 4.90 Å². The Morgan fingerprint density at radius 1 is 1.36 bits per heavy atom. The molecule has 1 heterocycles. The lowest BCUT2D eigenvalue weighted by atomic mass is 9.91. The second kappa shape index (κ2) is 3.92. The lowest BCUT2D eigenvalue weighted by molar-refractivity contribution is -0.133. The fourth-order valence-electron chi connectivity index (χ4n) is 2.20. The predicted molar refractivity (Wildman–Crippen MR) is 59.0 cm³/mol. The molecule has 2 nitrogen and oxygen atoms in total. The Kier molecular flexibility index (Phi) is 3.23. The topological polar surface area (TPSA) is 20.3 Å². The summed E-state index contributed by atoms with van der Waals surface area (Å²) in [5.74, 6) is 1.00. The Bertz CT molecular complexity index is 217. The van der Waals surface area contributed by atoms with Crippen molar-refractivity contribution in [3.8, 4) is 0 Å². The van der Waals surface area contributed by atoms with E-state index in [1.165, 1.54) is 0 Å². The molecule has 2 unspecified atom stereocenters. The van der Waals surface area contributed by atoms with Crippen molar-refractivity contribution in [2.24, 2.45) is 11.3 Å². The van der Waals surface area contributed by atoms with Gasteiger partial charge >= 0.3 is 0 Å². The van der Waals surface area contributed by atoms with Gasteiger partial charge in [-0.05, 0) is 24.7 Å². The van der Waals surface area contributed by atoms with Crippen molar-refractivity contribution in [2.75, 3.05) is 6.54 Å². The monoisotopic (exact) mass is 197 g/mol. The highest BCUT2D eigenvalue weighted by Crippen LogP contribution is 2.26. The van der Waals surface area contributed by atoms with Crippen LogP contribution in [0.4, 0.5) is 0 Å². The summed E-state index contributed by atoms with van der Waals surface area (Å²) < 4.78 is 0. The molecule has 0 bridgehead atoms. The van der Waals surface area contributed by atoms with E-state index >= 15 is 0 Å². The van der Waals surface area contributed by atoms with Gasteiger partial charge in [0.05, 0.1) is 0 Å². The number of hydrogen-bond donors (Lipinski definition) is 0. The van der Waals surface area contributed by atoms with E-state index in [4.69, 9.17) is 0 Å². The van der Waals surface area contributed by atoms with Crippen LogP contribution in [0.2, 0.25) is 0 Å². The third kappa shape index (κ3) is 3.00. The summed E-state index contributed by atoms with van der Waals surface area (Å²) in [5.41, 5.74) is 0.114. The highest BCUT2D eigenvalue weighted by atomic mass is 16.2. The first-order valence-corrected chi connectivity index (χ1v) is 5.59. The quantitative estimate of drug-likeness (QED) is 0.633. The van der Waals surface area contributed by atoms with Crippen molar-refractivity contribution in [3.05, 3.63) is 0 Å². The van der Waals surface area contributed by atoms with Crippen LogP contribution in [0.25, 0.3) is 0 Å². The molecular weight excluding hydrogens is 174 g/mol. The summed E-state index contributed by atoms with van der Waals surface area (Å²) in [5, 5.41) is 0. The zero-order valence-corrected chi connectivity index (χ0v) is 10.1. The summed E-state index contributed by atoms with van der Waals surface area (Å²) >= 11 is 0. The highest BCUT2D eigenvalue weighted by molar-refractivity contribution is 5.77. The van der Waals surface area contributed by atoms with Gasteiger partial charge in [-0.3, -0.25) is 4.79 Å². The van der Waals surface area contributed by atoms with Crippen LogP contribution in [0.3, 0.4) is 0 Å². The zero-order chi connectivity index (χ0) is 10.9. The first kappa shape index (κ1) is 11.5. The van der Waals surface area contributed by atoms with Gasteiger partial charge in [-0.1, -0.05) is 27.7 Å². The van der Waals surface area contributed by atoms with Gasteiger partial charge in [0.2, 0.25) is 5.91 Å². The summed E-state index contributed by atoms with van der Waals surface area (Å²) in [6, 6.07) is 0.444. The molecule has 2 heteroatoms. The summed E-state index contributed by atoms with van der Waals surface area (Å²) in [7, 11) is 0. The molecule has 1 rings (SSSR count). The Morgan fingerprint density at radius 3 is 2.29 bits per heavy atom. The molecule has 0 saturated carbocycles. The minimum atomic E-state index is 0.114. The maximum Gasteiger partial charge on any atom is 0.223 e. The van der Waals surface area contributed by atoms with Crippen molar-refractivity contribution in [1.29, 1.82) is 0 Å². The fraction of sp³-hybridized carbons (Fsp3) is 0.917. The molecule has 0 N–H and O–H groups in total. The molecule has 1 fully saturated rings. The van der Waals surface area contributed by atoms with Gasteiger partial charge in [-0.2, -0.15) is 0 Å². The van der Waals surface area contributed by atoms with Crippen LogP contribution in [-0.4, -0.2) is 23.4 Å². The van der Waals surface area contributed by atoms with Crippen LogP contribution in [-0.2, 0) is 4.79 Å². The molecular formula is C12H23NO. The van der Waals surface area contributed by atoms with E-state index in [1.807, 2.05) is 0 Å². The third-order valence-corrected chi connectivity index (χ3v) is 2.79. The molecule has 0 aliphatic carbocycles. The second-order valence-electron chi connectivity index (χ2n) is 5.97. The Hall–Kier alpha value is -0.530. The van der Waals surface area contributed by atoms with E-state index < -0.39 is 0 Å². The van der Waals surface area contributed by atoms with E-state index in [-0.39, 0.29) is 5.41 Å². The predicted octanol–water partition coefficient (Wildman–Crippen LogP) is 2.68. The number of carbonyl (C=O) groups excluding carboxylic acids is 1. The molecule has 2 atom stereocenters. The number of carbonyl (C=O) groups is 1. The van der Waals surface area contributed by atoms with Crippen molar-refractivity contribution in [2.45, 2.75) is 53.5 Å². The number of nitrogens with zero attached hydrogens (tertiary/aromatic N) is 1. The van der Waals surface area contributed by atoms with E-state index in [0.717, 1.165) is 13.0 Å². The molecule has 0 aromatic heterocycles. The third-order valence-electron chi connectivity index (χ3n) is 2.79. The van der Waals surface area contributed by atoms with E-state index in [0.29, 0.717) is 24.3 Å². The van der Waals surface area contributed by atoms with Crippen LogP contribution in [0.5, 0.6) is 0 Å². The number of amides is 1. The molecule has 1 aliphatic heterocycles. The second-order valence-corrected chi connectivity index (χ2v) is 5.97. The fourth-order valence-corrected chi connectivity index (χ4v) is 2.20. The van der Waals surface area contributed by atoms with Gasteiger partial charge in [0, 0.05) is 19.0 Å².